The first-order chi connectivity index (χ1) is 19.9. The molecule has 0 spiro atoms. The topological polar surface area (TPSA) is 92.1 Å². The molecule has 0 unspecified atom stereocenters. The largest absolute Gasteiger partial charge is 0.469 e. The van der Waals surface area contributed by atoms with Gasteiger partial charge in [0, 0.05) is 5.57 Å². The molecule has 4 rings (SSSR count). The van der Waals surface area contributed by atoms with Crippen LogP contribution >= 0.6 is 0 Å². The Morgan fingerprint density at radius 1 is 0.750 bits per heavy atom. The second kappa shape index (κ2) is 11.6. The summed E-state index contributed by atoms with van der Waals surface area (Å²) >= 11 is 0. The number of nitrogens with one attached hydrogen (secondary N) is 1. The molecule has 0 atom stereocenters. The SMILES string of the molecule is CCC[N+]1(C)CCCCC1.N=C1C2=Cc3ccccc3C2=CC(S(=O)(=O)C(F)(F)C(F)(F)F)=C1S(=O)(=O)C(F)(F)C(F)(F)F. The van der Waals surface area contributed by atoms with Crippen molar-refractivity contribution in [2.75, 3.05) is 26.7 Å². The molecule has 1 N–H and O–H groups in total. The van der Waals surface area contributed by atoms with Crippen molar-refractivity contribution in [3.63, 3.8) is 0 Å². The fourth-order valence-corrected chi connectivity index (χ4v) is 8.25. The minimum Gasteiger partial charge on any atom is -0.326 e. The van der Waals surface area contributed by atoms with Gasteiger partial charge in [0.25, 0.3) is 19.7 Å². The quantitative estimate of drug-likeness (QED) is 0.261. The second-order valence-corrected chi connectivity index (χ2v) is 14.5. The van der Waals surface area contributed by atoms with Crippen LogP contribution in [0.25, 0.3) is 11.6 Å². The number of hydrogen-bond donors (Lipinski definition) is 1. The Hall–Kier alpha value is -2.73. The molecule has 1 saturated heterocycles. The Morgan fingerprint density at radius 3 is 1.75 bits per heavy atom. The molecule has 0 radical (unpaired) electrons. The Balaban J connectivity index is 0.000000448. The molecule has 3 aliphatic rings. The molecular formula is C26H27F10N2O4S2+. The number of rotatable bonds is 6. The van der Waals surface area contributed by atoms with Crippen molar-refractivity contribution in [3.05, 3.63) is 56.9 Å². The molecule has 246 valence electrons. The van der Waals surface area contributed by atoms with E-state index in [2.05, 4.69) is 14.0 Å². The molecular weight excluding hydrogens is 658 g/mol. The van der Waals surface area contributed by atoms with Gasteiger partial charge in [-0.1, -0.05) is 31.2 Å². The summed E-state index contributed by atoms with van der Waals surface area (Å²) < 4.78 is 183. The zero-order valence-corrected chi connectivity index (χ0v) is 24.7. The molecule has 1 aromatic rings. The first-order valence-corrected chi connectivity index (χ1v) is 15.9. The fraction of sp³-hybridized carbons (Fsp3) is 0.500. The van der Waals surface area contributed by atoms with Gasteiger partial charge in [-0.3, -0.25) is 5.41 Å². The molecule has 0 amide bonds. The lowest BCUT2D eigenvalue weighted by Crippen LogP contribution is -2.48. The van der Waals surface area contributed by atoms with Gasteiger partial charge in [-0.15, -0.1) is 0 Å². The normalized spacial score (nSPS) is 19.4. The van der Waals surface area contributed by atoms with Crippen LogP contribution in [-0.2, 0) is 19.7 Å². The molecule has 6 nitrogen and oxygen atoms in total. The van der Waals surface area contributed by atoms with Crippen molar-refractivity contribution in [1.82, 2.24) is 0 Å². The number of benzene rings is 1. The van der Waals surface area contributed by atoms with Crippen LogP contribution in [0.5, 0.6) is 0 Å². The third kappa shape index (κ3) is 5.96. The van der Waals surface area contributed by atoms with Gasteiger partial charge < -0.3 is 4.48 Å². The van der Waals surface area contributed by atoms with Crippen molar-refractivity contribution in [1.29, 1.82) is 5.41 Å². The van der Waals surface area contributed by atoms with Crippen LogP contribution in [0.15, 0.2) is 45.7 Å². The standard InChI is InChI=1S/C17H7F10NO4S2.C9H20N/c18-14(19,20)16(24,25)33(29,30)11-6-9-8-4-2-1-3-7(8)5-10(9)12(28)13(11)34(31,32)17(26,27)15(21,22)23;1-3-7-10(2)8-5-4-6-9-10/h1-6,28H;3-9H2,1-2H3/q;+1. The van der Waals surface area contributed by atoms with Crippen molar-refractivity contribution in [2.24, 2.45) is 0 Å². The van der Waals surface area contributed by atoms with Crippen LogP contribution < -0.4 is 0 Å². The van der Waals surface area contributed by atoms with Gasteiger partial charge in [0.15, 0.2) is 0 Å². The Kier molecular flexibility index (Phi) is 9.40. The van der Waals surface area contributed by atoms with E-state index >= 15 is 0 Å². The van der Waals surface area contributed by atoms with Gasteiger partial charge in [-0.05, 0) is 54.5 Å². The van der Waals surface area contributed by atoms with E-state index < -0.39 is 69.2 Å². The van der Waals surface area contributed by atoms with Crippen LogP contribution in [-0.4, -0.2) is 76.6 Å². The summed E-state index contributed by atoms with van der Waals surface area (Å²) in [5.74, 6) is 0. The lowest BCUT2D eigenvalue weighted by atomic mass is 9.95. The number of halogens is 10. The summed E-state index contributed by atoms with van der Waals surface area (Å²) in [6.45, 7) is 6.53. The van der Waals surface area contributed by atoms with Crippen LogP contribution in [0.3, 0.4) is 0 Å². The number of fused-ring (bicyclic) bond motifs is 3. The lowest BCUT2D eigenvalue weighted by Gasteiger charge is -2.37. The Labute approximate surface area is 246 Å². The zero-order valence-electron chi connectivity index (χ0n) is 23.1. The maximum atomic E-state index is 13.9. The molecule has 0 aromatic heterocycles. The van der Waals surface area contributed by atoms with Crippen molar-refractivity contribution < 1.29 is 65.2 Å². The number of piperidine rings is 1. The van der Waals surface area contributed by atoms with Crippen molar-refractivity contribution in [2.45, 2.75) is 55.5 Å². The van der Waals surface area contributed by atoms with Crippen LogP contribution in [0.1, 0.15) is 43.7 Å². The molecule has 2 aliphatic carbocycles. The molecule has 1 aromatic carbocycles. The molecule has 18 heteroatoms. The number of alkyl halides is 10. The van der Waals surface area contributed by atoms with E-state index in [1.807, 2.05) is 0 Å². The summed E-state index contributed by atoms with van der Waals surface area (Å²) in [6, 6.07) is 4.95. The van der Waals surface area contributed by atoms with E-state index in [-0.39, 0.29) is 17.2 Å². The number of sulfone groups is 2. The van der Waals surface area contributed by atoms with Crippen LogP contribution in [0.4, 0.5) is 43.9 Å². The first-order valence-electron chi connectivity index (χ1n) is 13.0. The fourth-order valence-electron chi connectivity index (χ4n) is 5.13. The predicted molar refractivity (Wildman–Crippen MR) is 142 cm³/mol. The average Bonchev–Trinajstić information content (AvgIpc) is 3.27. The number of allylic oxidation sites excluding steroid dienone is 4. The van der Waals surface area contributed by atoms with E-state index in [0.29, 0.717) is 0 Å². The van der Waals surface area contributed by atoms with Gasteiger partial charge in [0.05, 0.1) is 37.3 Å². The Morgan fingerprint density at radius 2 is 1.25 bits per heavy atom. The molecule has 1 heterocycles. The minimum absolute atomic E-state index is 0.0223. The van der Waals surface area contributed by atoms with E-state index in [4.69, 9.17) is 5.41 Å². The molecule has 1 aliphatic heterocycles. The molecule has 0 saturated carbocycles. The van der Waals surface area contributed by atoms with Crippen LogP contribution in [0, 0.1) is 5.41 Å². The number of nitrogens with zero attached hydrogens (tertiary/aromatic N) is 1. The van der Waals surface area contributed by atoms with Gasteiger partial charge in [0.1, 0.15) is 4.91 Å². The zero-order chi connectivity index (χ0) is 33.7. The average molecular weight is 686 g/mol. The maximum absolute atomic E-state index is 13.9. The summed E-state index contributed by atoms with van der Waals surface area (Å²) in [5.41, 5.74) is -3.48. The van der Waals surface area contributed by atoms with E-state index in [1.165, 1.54) is 68.0 Å². The lowest BCUT2D eigenvalue weighted by molar-refractivity contribution is -0.914. The smallest absolute Gasteiger partial charge is 0.326 e. The number of hydrogen-bond acceptors (Lipinski definition) is 5. The van der Waals surface area contributed by atoms with Gasteiger partial charge >= 0.3 is 22.9 Å². The Bertz CT molecular complexity index is 1630. The summed E-state index contributed by atoms with van der Waals surface area (Å²) in [4.78, 5) is -5.57. The molecule has 1 fully saturated rings. The minimum atomic E-state index is -7.40. The van der Waals surface area contributed by atoms with Gasteiger partial charge in [-0.2, -0.15) is 43.9 Å². The first kappa shape index (κ1) is 35.7. The third-order valence-electron chi connectivity index (χ3n) is 7.39. The summed E-state index contributed by atoms with van der Waals surface area (Å²) in [6.07, 6.45) is -7.50. The highest BCUT2D eigenvalue weighted by molar-refractivity contribution is 8.01. The molecule has 0 bridgehead atoms. The van der Waals surface area contributed by atoms with Gasteiger partial charge in [0.2, 0.25) is 0 Å². The third-order valence-corrected chi connectivity index (χ3v) is 11.2. The summed E-state index contributed by atoms with van der Waals surface area (Å²) in [5, 5.41) is -5.85. The van der Waals surface area contributed by atoms with Crippen molar-refractivity contribution in [3.8, 4) is 0 Å². The summed E-state index contributed by atoms with van der Waals surface area (Å²) in [7, 11) is -12.3. The van der Waals surface area contributed by atoms with Crippen LogP contribution in [0.2, 0.25) is 0 Å². The number of quaternary nitrogens is 1. The number of likely N-dealkylation sites (tertiary alicyclic amines) is 1. The van der Waals surface area contributed by atoms with Gasteiger partial charge in [-0.25, -0.2) is 16.8 Å². The van der Waals surface area contributed by atoms with E-state index in [9.17, 15) is 60.7 Å². The van der Waals surface area contributed by atoms with E-state index in [1.54, 1.807) is 0 Å². The highest BCUT2D eigenvalue weighted by Crippen LogP contribution is 2.52. The molecule has 44 heavy (non-hydrogen) atoms. The van der Waals surface area contributed by atoms with E-state index in [0.717, 1.165) is 12.1 Å². The monoisotopic (exact) mass is 685 g/mol. The maximum Gasteiger partial charge on any atom is 0.469 e. The predicted octanol–water partition coefficient (Wildman–Crippen LogP) is 6.88. The van der Waals surface area contributed by atoms with Crippen molar-refractivity contribution >= 4 is 37.0 Å². The second-order valence-electron chi connectivity index (χ2n) is 10.7. The highest BCUT2D eigenvalue weighted by Gasteiger charge is 2.72. The highest BCUT2D eigenvalue weighted by atomic mass is 32.2.